The summed E-state index contributed by atoms with van der Waals surface area (Å²) in [7, 11) is 0. The average Bonchev–Trinajstić information content (AvgIpc) is 2.61. The van der Waals surface area contributed by atoms with Gasteiger partial charge in [-0.1, -0.05) is 0 Å². The molecule has 0 amide bonds. The van der Waals surface area contributed by atoms with Crippen LogP contribution in [-0.4, -0.2) is 33.7 Å². The molecule has 1 saturated heterocycles. The van der Waals surface area contributed by atoms with E-state index in [1.807, 2.05) is 18.6 Å². The Kier molecular flexibility index (Phi) is 2.85. The fraction of sp³-hybridized carbons (Fsp3) is 0.700. The van der Waals surface area contributed by atoms with Crippen molar-refractivity contribution >= 4 is 11.3 Å². The highest BCUT2D eigenvalue weighted by Gasteiger charge is 2.27. The van der Waals surface area contributed by atoms with E-state index in [2.05, 4.69) is 9.88 Å². The molecule has 1 aromatic rings. The molecule has 1 N–H and O–H groups in total. The van der Waals surface area contributed by atoms with Gasteiger partial charge in [-0.2, -0.15) is 0 Å². The van der Waals surface area contributed by atoms with Gasteiger partial charge in [-0.05, 0) is 19.8 Å². The van der Waals surface area contributed by atoms with Gasteiger partial charge in [0.1, 0.15) is 0 Å². The van der Waals surface area contributed by atoms with Crippen LogP contribution >= 0.6 is 11.3 Å². The SMILES string of the molecule is CC1(O)CCN(Cc2cncs2)CC1. The van der Waals surface area contributed by atoms with Crippen LogP contribution in [0.5, 0.6) is 0 Å². The molecule has 2 rings (SSSR count). The molecule has 0 aliphatic carbocycles. The molecule has 0 bridgehead atoms. The molecule has 0 aromatic carbocycles. The fourth-order valence-electron chi connectivity index (χ4n) is 1.73. The van der Waals surface area contributed by atoms with Crippen molar-refractivity contribution in [1.29, 1.82) is 0 Å². The molecule has 78 valence electrons. The summed E-state index contributed by atoms with van der Waals surface area (Å²) in [6, 6.07) is 0. The first-order valence-corrected chi connectivity index (χ1v) is 5.86. The van der Waals surface area contributed by atoms with E-state index in [9.17, 15) is 5.11 Å². The van der Waals surface area contributed by atoms with E-state index in [4.69, 9.17) is 0 Å². The third-order valence-electron chi connectivity index (χ3n) is 2.80. The van der Waals surface area contributed by atoms with Gasteiger partial charge in [0.25, 0.3) is 0 Å². The highest BCUT2D eigenvalue weighted by molar-refractivity contribution is 7.09. The minimum atomic E-state index is -0.440. The molecule has 1 aliphatic heterocycles. The second kappa shape index (κ2) is 3.96. The first-order chi connectivity index (χ1) is 6.66. The van der Waals surface area contributed by atoms with Crippen LogP contribution in [0.4, 0.5) is 0 Å². The maximum absolute atomic E-state index is 9.78. The third kappa shape index (κ3) is 2.53. The maximum atomic E-state index is 9.78. The predicted molar refractivity (Wildman–Crippen MR) is 57.2 cm³/mol. The van der Waals surface area contributed by atoms with Gasteiger partial charge in [0.15, 0.2) is 0 Å². The molecular formula is C10H16N2OS. The average molecular weight is 212 g/mol. The van der Waals surface area contributed by atoms with Gasteiger partial charge in [-0.25, -0.2) is 0 Å². The summed E-state index contributed by atoms with van der Waals surface area (Å²) >= 11 is 1.70. The van der Waals surface area contributed by atoms with Crippen molar-refractivity contribution in [3.8, 4) is 0 Å². The van der Waals surface area contributed by atoms with Crippen LogP contribution < -0.4 is 0 Å². The number of likely N-dealkylation sites (tertiary alicyclic amines) is 1. The molecule has 3 nitrogen and oxygen atoms in total. The minimum absolute atomic E-state index is 0.440. The van der Waals surface area contributed by atoms with Crippen LogP contribution in [0.15, 0.2) is 11.7 Å². The summed E-state index contributed by atoms with van der Waals surface area (Å²) in [5.74, 6) is 0. The molecule has 0 radical (unpaired) electrons. The molecule has 0 atom stereocenters. The second-order valence-corrected chi connectivity index (χ2v) is 5.21. The molecule has 0 spiro atoms. The van der Waals surface area contributed by atoms with Crippen molar-refractivity contribution in [3.63, 3.8) is 0 Å². The number of hydrogen-bond donors (Lipinski definition) is 1. The van der Waals surface area contributed by atoms with E-state index in [-0.39, 0.29) is 0 Å². The lowest BCUT2D eigenvalue weighted by atomic mass is 9.94. The number of hydrogen-bond acceptors (Lipinski definition) is 4. The largest absolute Gasteiger partial charge is 0.390 e. The highest BCUT2D eigenvalue weighted by atomic mass is 32.1. The van der Waals surface area contributed by atoms with Crippen LogP contribution in [0.1, 0.15) is 24.6 Å². The van der Waals surface area contributed by atoms with Crippen molar-refractivity contribution in [2.75, 3.05) is 13.1 Å². The van der Waals surface area contributed by atoms with Crippen molar-refractivity contribution in [2.45, 2.75) is 31.9 Å². The van der Waals surface area contributed by atoms with E-state index in [1.54, 1.807) is 11.3 Å². The van der Waals surface area contributed by atoms with E-state index in [1.165, 1.54) is 4.88 Å². The normalized spacial score (nSPS) is 22.4. The molecule has 0 unspecified atom stereocenters. The number of piperidine rings is 1. The van der Waals surface area contributed by atoms with Crippen LogP contribution in [0, 0.1) is 0 Å². The van der Waals surface area contributed by atoms with Crippen molar-refractivity contribution in [3.05, 3.63) is 16.6 Å². The molecule has 2 heterocycles. The van der Waals surface area contributed by atoms with Gasteiger partial charge in [-0.15, -0.1) is 11.3 Å². The molecule has 0 saturated carbocycles. The van der Waals surface area contributed by atoms with Crippen molar-refractivity contribution in [2.24, 2.45) is 0 Å². The Morgan fingerprint density at radius 1 is 1.57 bits per heavy atom. The monoisotopic (exact) mass is 212 g/mol. The van der Waals surface area contributed by atoms with Gasteiger partial charge >= 0.3 is 0 Å². The van der Waals surface area contributed by atoms with Crippen LogP contribution in [0.25, 0.3) is 0 Å². The Morgan fingerprint density at radius 2 is 2.29 bits per heavy atom. The quantitative estimate of drug-likeness (QED) is 0.807. The van der Waals surface area contributed by atoms with Gasteiger partial charge in [0.2, 0.25) is 0 Å². The lowest BCUT2D eigenvalue weighted by molar-refractivity contribution is -0.00707. The van der Waals surface area contributed by atoms with E-state index in [0.29, 0.717) is 0 Å². The van der Waals surface area contributed by atoms with Gasteiger partial charge in [0, 0.05) is 30.7 Å². The summed E-state index contributed by atoms with van der Waals surface area (Å²) in [6.07, 6.45) is 3.69. The number of aromatic nitrogens is 1. The molecular weight excluding hydrogens is 196 g/mol. The minimum Gasteiger partial charge on any atom is -0.390 e. The van der Waals surface area contributed by atoms with Gasteiger partial charge in [0.05, 0.1) is 11.1 Å². The topological polar surface area (TPSA) is 36.4 Å². The summed E-state index contributed by atoms with van der Waals surface area (Å²) in [5.41, 5.74) is 1.43. The fourth-order valence-corrected chi connectivity index (χ4v) is 2.37. The third-order valence-corrected chi connectivity index (χ3v) is 3.56. The predicted octanol–water partition coefficient (Wildman–Crippen LogP) is 1.49. The van der Waals surface area contributed by atoms with Crippen LogP contribution in [-0.2, 0) is 6.54 Å². The summed E-state index contributed by atoms with van der Waals surface area (Å²) < 4.78 is 0. The summed E-state index contributed by atoms with van der Waals surface area (Å²) in [5, 5.41) is 9.78. The van der Waals surface area contributed by atoms with E-state index < -0.39 is 5.60 Å². The Morgan fingerprint density at radius 3 is 2.86 bits per heavy atom. The number of thiazole rings is 1. The molecule has 14 heavy (non-hydrogen) atoms. The molecule has 4 heteroatoms. The smallest absolute Gasteiger partial charge is 0.0794 e. The van der Waals surface area contributed by atoms with Crippen LogP contribution in [0.2, 0.25) is 0 Å². The Bertz CT molecular complexity index is 274. The summed E-state index contributed by atoms with van der Waals surface area (Å²) in [6.45, 7) is 4.90. The zero-order valence-corrected chi connectivity index (χ0v) is 9.26. The maximum Gasteiger partial charge on any atom is 0.0794 e. The lowest BCUT2D eigenvalue weighted by Crippen LogP contribution is -2.41. The van der Waals surface area contributed by atoms with Gasteiger partial charge in [-0.3, -0.25) is 9.88 Å². The molecule has 1 aliphatic rings. The lowest BCUT2D eigenvalue weighted by Gasteiger charge is -2.35. The highest BCUT2D eigenvalue weighted by Crippen LogP contribution is 2.22. The van der Waals surface area contributed by atoms with Crippen molar-refractivity contribution < 1.29 is 5.11 Å². The standard InChI is InChI=1S/C10H16N2OS/c1-10(13)2-4-12(5-3-10)7-9-6-11-8-14-9/h6,8,13H,2-5,7H2,1H3. The zero-order valence-electron chi connectivity index (χ0n) is 8.44. The van der Waals surface area contributed by atoms with E-state index in [0.717, 1.165) is 32.5 Å². The second-order valence-electron chi connectivity index (χ2n) is 4.24. The number of aliphatic hydroxyl groups is 1. The first-order valence-electron chi connectivity index (χ1n) is 4.98. The summed E-state index contributed by atoms with van der Waals surface area (Å²) in [4.78, 5) is 7.75. The Balaban J connectivity index is 1.85. The number of rotatable bonds is 2. The Labute approximate surface area is 88.4 Å². The Hall–Kier alpha value is -0.450. The first kappa shape index (κ1) is 10.1. The van der Waals surface area contributed by atoms with Crippen molar-refractivity contribution in [1.82, 2.24) is 9.88 Å². The number of nitrogens with zero attached hydrogens (tertiary/aromatic N) is 2. The van der Waals surface area contributed by atoms with Gasteiger partial charge < -0.3 is 5.11 Å². The molecule has 1 aromatic heterocycles. The van der Waals surface area contributed by atoms with Crippen LogP contribution in [0.3, 0.4) is 0 Å². The molecule has 1 fully saturated rings. The zero-order chi connectivity index (χ0) is 10.0. The van der Waals surface area contributed by atoms with E-state index >= 15 is 0 Å².